The fourth-order valence-corrected chi connectivity index (χ4v) is 3.51. The van der Waals surface area contributed by atoms with Crippen molar-refractivity contribution in [3.05, 3.63) is 30.3 Å². The summed E-state index contributed by atoms with van der Waals surface area (Å²) < 4.78 is 30.2. The average Bonchev–Trinajstić information content (AvgIpc) is 2.53. The van der Waals surface area contributed by atoms with Gasteiger partial charge in [-0.2, -0.15) is 0 Å². The number of rotatable bonds is 6. The Kier molecular flexibility index (Phi) is 6.01. The van der Waals surface area contributed by atoms with Gasteiger partial charge in [-0.3, -0.25) is 4.79 Å². The van der Waals surface area contributed by atoms with Crippen molar-refractivity contribution >= 4 is 15.9 Å². The Morgan fingerprint density at radius 3 is 2.74 bits per heavy atom. The van der Waals surface area contributed by atoms with Gasteiger partial charge in [0.25, 0.3) is 0 Å². The van der Waals surface area contributed by atoms with E-state index in [4.69, 9.17) is 4.74 Å². The zero-order chi connectivity index (χ0) is 16.9. The zero-order valence-corrected chi connectivity index (χ0v) is 14.4. The van der Waals surface area contributed by atoms with Crippen LogP contribution in [0.25, 0.3) is 0 Å². The number of hydrogen-bond acceptors (Lipinski definition) is 4. The Balaban J connectivity index is 1.81. The Labute approximate surface area is 137 Å². The number of para-hydroxylation sites is 1. The second-order valence-corrected chi connectivity index (χ2v) is 7.98. The lowest BCUT2D eigenvalue weighted by Crippen LogP contribution is -2.47. The molecule has 1 amide bonds. The van der Waals surface area contributed by atoms with Crippen LogP contribution < -0.4 is 10.1 Å². The summed E-state index contributed by atoms with van der Waals surface area (Å²) in [6, 6.07) is 9.27. The molecule has 1 aromatic rings. The highest BCUT2D eigenvalue weighted by atomic mass is 32.2. The van der Waals surface area contributed by atoms with Crippen molar-refractivity contribution in [2.75, 3.05) is 26.0 Å². The summed E-state index contributed by atoms with van der Waals surface area (Å²) in [5, 5.41) is 2.91. The standard InChI is InChI=1S/C16H24N2O4S/c1-13(12-22-15-8-4-3-5-9-15)17-16(19)14-7-6-10-18(11-14)23(2,20)21/h3-5,8-9,13-14H,6-7,10-12H2,1-2H3,(H,17,19)/t13-,14+/m0/s1. The molecule has 2 atom stereocenters. The molecule has 1 heterocycles. The predicted molar refractivity (Wildman–Crippen MR) is 88.7 cm³/mol. The van der Waals surface area contributed by atoms with Crippen LogP contribution in [0.3, 0.4) is 0 Å². The predicted octanol–water partition coefficient (Wildman–Crippen LogP) is 1.24. The molecule has 1 aliphatic heterocycles. The molecule has 0 spiro atoms. The Bertz CT molecular complexity index is 618. The number of carbonyl (C=O) groups excluding carboxylic acids is 1. The second kappa shape index (κ2) is 7.79. The van der Waals surface area contributed by atoms with E-state index in [2.05, 4.69) is 5.32 Å². The third-order valence-corrected chi connectivity index (χ3v) is 5.13. The van der Waals surface area contributed by atoms with E-state index in [9.17, 15) is 13.2 Å². The first-order valence-electron chi connectivity index (χ1n) is 7.79. The minimum atomic E-state index is -3.24. The number of sulfonamides is 1. The monoisotopic (exact) mass is 340 g/mol. The first kappa shape index (κ1) is 17.7. The van der Waals surface area contributed by atoms with Gasteiger partial charge in [0.1, 0.15) is 12.4 Å². The van der Waals surface area contributed by atoms with Crippen LogP contribution in [0.15, 0.2) is 30.3 Å². The summed E-state index contributed by atoms with van der Waals surface area (Å²) in [6.45, 7) is 3.00. The van der Waals surface area contributed by atoms with Crippen LogP contribution in [0.5, 0.6) is 5.75 Å². The van der Waals surface area contributed by atoms with Gasteiger partial charge in [0.15, 0.2) is 0 Å². The van der Waals surface area contributed by atoms with Gasteiger partial charge in [0.2, 0.25) is 15.9 Å². The molecule has 0 aromatic heterocycles. The SMILES string of the molecule is C[C@@H](COc1ccccc1)NC(=O)[C@@H]1CCCN(S(C)(=O)=O)C1. The van der Waals surface area contributed by atoms with Gasteiger partial charge in [-0.1, -0.05) is 18.2 Å². The van der Waals surface area contributed by atoms with Crippen molar-refractivity contribution in [2.45, 2.75) is 25.8 Å². The molecule has 6 nitrogen and oxygen atoms in total. The van der Waals surface area contributed by atoms with Gasteiger partial charge < -0.3 is 10.1 Å². The van der Waals surface area contributed by atoms with Crippen LogP contribution >= 0.6 is 0 Å². The summed E-state index contributed by atoms with van der Waals surface area (Å²) in [7, 11) is -3.24. The molecule has 1 N–H and O–H groups in total. The number of nitrogens with one attached hydrogen (secondary N) is 1. The van der Waals surface area contributed by atoms with Gasteiger partial charge >= 0.3 is 0 Å². The van der Waals surface area contributed by atoms with Crippen LogP contribution in [0.2, 0.25) is 0 Å². The van der Waals surface area contributed by atoms with Crippen LogP contribution in [0.4, 0.5) is 0 Å². The second-order valence-electron chi connectivity index (χ2n) is 5.99. The van der Waals surface area contributed by atoms with Gasteiger partial charge in [-0.15, -0.1) is 0 Å². The molecule has 0 unspecified atom stereocenters. The van der Waals surface area contributed by atoms with Crippen molar-refractivity contribution in [3.8, 4) is 5.75 Å². The van der Waals surface area contributed by atoms with E-state index in [1.54, 1.807) is 0 Å². The maximum Gasteiger partial charge on any atom is 0.224 e. The highest BCUT2D eigenvalue weighted by Gasteiger charge is 2.30. The number of carbonyl (C=O) groups is 1. The molecule has 0 saturated carbocycles. The van der Waals surface area contributed by atoms with Crippen molar-refractivity contribution in [1.29, 1.82) is 0 Å². The van der Waals surface area contributed by atoms with E-state index in [1.807, 2.05) is 37.3 Å². The zero-order valence-electron chi connectivity index (χ0n) is 13.6. The lowest BCUT2D eigenvalue weighted by molar-refractivity contribution is -0.126. The lowest BCUT2D eigenvalue weighted by Gasteiger charge is -2.30. The van der Waals surface area contributed by atoms with Crippen molar-refractivity contribution in [2.24, 2.45) is 5.92 Å². The number of nitrogens with zero attached hydrogens (tertiary/aromatic N) is 1. The van der Waals surface area contributed by atoms with Crippen LogP contribution in [0.1, 0.15) is 19.8 Å². The van der Waals surface area contributed by atoms with E-state index in [0.717, 1.165) is 5.75 Å². The molecule has 0 aliphatic carbocycles. The number of amides is 1. The average molecular weight is 340 g/mol. The van der Waals surface area contributed by atoms with Crippen molar-refractivity contribution in [3.63, 3.8) is 0 Å². The van der Waals surface area contributed by atoms with Gasteiger partial charge in [-0.05, 0) is 31.9 Å². The van der Waals surface area contributed by atoms with E-state index < -0.39 is 10.0 Å². The fourth-order valence-electron chi connectivity index (χ4n) is 2.60. The molecule has 1 saturated heterocycles. The third kappa shape index (κ3) is 5.51. The van der Waals surface area contributed by atoms with E-state index in [0.29, 0.717) is 26.0 Å². The minimum Gasteiger partial charge on any atom is -0.491 e. The highest BCUT2D eigenvalue weighted by molar-refractivity contribution is 7.88. The molecular formula is C16H24N2O4S. The number of hydrogen-bond donors (Lipinski definition) is 1. The molecule has 1 aromatic carbocycles. The largest absolute Gasteiger partial charge is 0.491 e. The quantitative estimate of drug-likeness (QED) is 0.845. The summed E-state index contributed by atoms with van der Waals surface area (Å²) in [6.07, 6.45) is 2.60. The number of ether oxygens (including phenoxy) is 1. The lowest BCUT2D eigenvalue weighted by atomic mass is 9.98. The Hall–Kier alpha value is -1.60. The Morgan fingerprint density at radius 2 is 2.09 bits per heavy atom. The summed E-state index contributed by atoms with van der Waals surface area (Å²) >= 11 is 0. The smallest absolute Gasteiger partial charge is 0.224 e. The van der Waals surface area contributed by atoms with E-state index in [-0.39, 0.29) is 24.4 Å². The maximum atomic E-state index is 12.3. The molecule has 0 bridgehead atoms. The van der Waals surface area contributed by atoms with Crippen LogP contribution in [-0.2, 0) is 14.8 Å². The number of piperidine rings is 1. The molecular weight excluding hydrogens is 316 g/mol. The number of benzene rings is 1. The molecule has 128 valence electrons. The van der Waals surface area contributed by atoms with Crippen molar-refractivity contribution in [1.82, 2.24) is 9.62 Å². The van der Waals surface area contributed by atoms with E-state index in [1.165, 1.54) is 10.6 Å². The topological polar surface area (TPSA) is 75.7 Å². The van der Waals surface area contributed by atoms with Crippen LogP contribution in [-0.4, -0.2) is 50.6 Å². The van der Waals surface area contributed by atoms with Gasteiger partial charge in [0, 0.05) is 13.1 Å². The molecule has 7 heteroatoms. The minimum absolute atomic E-state index is 0.109. The summed E-state index contributed by atoms with van der Waals surface area (Å²) in [4.78, 5) is 12.3. The first-order chi connectivity index (χ1) is 10.9. The summed E-state index contributed by atoms with van der Waals surface area (Å²) in [5.41, 5.74) is 0. The van der Waals surface area contributed by atoms with Gasteiger partial charge in [0.05, 0.1) is 18.2 Å². The maximum absolute atomic E-state index is 12.3. The molecule has 0 radical (unpaired) electrons. The third-order valence-electron chi connectivity index (χ3n) is 3.86. The molecule has 1 fully saturated rings. The fraction of sp³-hybridized carbons (Fsp3) is 0.562. The highest BCUT2D eigenvalue weighted by Crippen LogP contribution is 2.19. The Morgan fingerprint density at radius 1 is 1.39 bits per heavy atom. The molecule has 2 rings (SSSR count). The first-order valence-corrected chi connectivity index (χ1v) is 9.64. The van der Waals surface area contributed by atoms with Crippen LogP contribution in [0, 0.1) is 5.92 Å². The van der Waals surface area contributed by atoms with Crippen molar-refractivity contribution < 1.29 is 17.9 Å². The summed E-state index contributed by atoms with van der Waals surface area (Å²) in [5.74, 6) is 0.356. The molecule has 1 aliphatic rings. The van der Waals surface area contributed by atoms with E-state index >= 15 is 0 Å². The molecule has 23 heavy (non-hydrogen) atoms. The van der Waals surface area contributed by atoms with Gasteiger partial charge in [-0.25, -0.2) is 12.7 Å². The normalized spacial score (nSPS) is 20.7.